The van der Waals surface area contributed by atoms with Gasteiger partial charge in [-0.05, 0) is 57.5 Å². The SMILES string of the molecule is C[C@H](C(=O)NC(C)(C)C)N(Cc1ccc(Cl)cc1Cl)C(=O)CN(c1cccc(Cl)c1Cl)S(C)(=O)=O. The number of amides is 2. The van der Waals surface area contributed by atoms with Crippen molar-refractivity contribution in [2.24, 2.45) is 0 Å². The molecule has 2 rings (SSSR count). The maximum absolute atomic E-state index is 13.6. The van der Waals surface area contributed by atoms with Gasteiger partial charge in [0.1, 0.15) is 12.6 Å². The highest BCUT2D eigenvalue weighted by atomic mass is 35.5. The summed E-state index contributed by atoms with van der Waals surface area (Å²) in [5.41, 5.74) is 0.0308. The summed E-state index contributed by atoms with van der Waals surface area (Å²) in [6, 6.07) is 8.29. The molecular formula is C23H27Cl4N3O4S. The molecule has 0 unspecified atom stereocenters. The van der Waals surface area contributed by atoms with Crippen molar-refractivity contribution in [3.63, 3.8) is 0 Å². The molecule has 0 aromatic heterocycles. The highest BCUT2D eigenvalue weighted by Crippen LogP contribution is 2.34. The minimum Gasteiger partial charge on any atom is -0.350 e. The van der Waals surface area contributed by atoms with Gasteiger partial charge in [-0.25, -0.2) is 8.42 Å². The molecule has 192 valence electrons. The van der Waals surface area contributed by atoms with Crippen molar-refractivity contribution in [1.29, 1.82) is 0 Å². The lowest BCUT2D eigenvalue weighted by Gasteiger charge is -2.33. The Kier molecular flexibility index (Phi) is 9.75. The van der Waals surface area contributed by atoms with Crippen molar-refractivity contribution in [2.75, 3.05) is 17.1 Å². The quantitative estimate of drug-likeness (QED) is 0.451. The molecule has 2 aromatic rings. The number of nitrogens with one attached hydrogen (secondary N) is 1. The Labute approximate surface area is 226 Å². The normalized spacial score (nSPS) is 12.7. The number of nitrogens with zero attached hydrogens (tertiary/aromatic N) is 2. The first-order chi connectivity index (χ1) is 16.0. The molecule has 2 amide bonds. The Hall–Kier alpha value is -1.71. The van der Waals surface area contributed by atoms with E-state index < -0.39 is 40.0 Å². The summed E-state index contributed by atoms with van der Waals surface area (Å²) in [6.07, 6.45) is 0.952. The molecule has 0 fully saturated rings. The first-order valence-electron chi connectivity index (χ1n) is 10.5. The van der Waals surface area contributed by atoms with Gasteiger partial charge in [-0.2, -0.15) is 0 Å². The number of hydrogen-bond acceptors (Lipinski definition) is 4. The highest BCUT2D eigenvalue weighted by Gasteiger charge is 2.32. The van der Waals surface area contributed by atoms with Gasteiger partial charge in [0.25, 0.3) is 0 Å². The highest BCUT2D eigenvalue weighted by molar-refractivity contribution is 7.92. The summed E-state index contributed by atoms with van der Waals surface area (Å²) >= 11 is 24.6. The molecule has 0 heterocycles. The van der Waals surface area contributed by atoms with E-state index in [9.17, 15) is 18.0 Å². The van der Waals surface area contributed by atoms with E-state index in [4.69, 9.17) is 46.4 Å². The standard InChI is InChI=1S/C23H27Cl4N3O4S/c1-14(22(32)28-23(2,3)4)29(12-15-9-10-16(24)11-18(15)26)20(31)13-30(35(5,33)34)19-8-6-7-17(25)21(19)27/h6-11,14H,12-13H2,1-5H3,(H,28,32)/t14-/m1/s1. The molecule has 0 radical (unpaired) electrons. The predicted molar refractivity (Wildman–Crippen MR) is 143 cm³/mol. The molecule has 1 N–H and O–H groups in total. The topological polar surface area (TPSA) is 86.8 Å². The maximum Gasteiger partial charge on any atom is 0.244 e. The van der Waals surface area contributed by atoms with Gasteiger partial charge in [-0.1, -0.05) is 58.5 Å². The number of anilines is 1. The number of carbonyl (C=O) groups is 2. The summed E-state index contributed by atoms with van der Waals surface area (Å²) in [7, 11) is -3.95. The van der Waals surface area contributed by atoms with Crippen molar-refractivity contribution in [2.45, 2.75) is 45.8 Å². The van der Waals surface area contributed by atoms with Gasteiger partial charge in [-0.15, -0.1) is 0 Å². The molecule has 0 aliphatic carbocycles. The number of rotatable bonds is 8. The van der Waals surface area contributed by atoms with E-state index in [-0.39, 0.29) is 22.3 Å². The Balaban J connectivity index is 2.49. The number of carbonyl (C=O) groups excluding carboxylic acids is 2. The lowest BCUT2D eigenvalue weighted by atomic mass is 10.1. The summed E-state index contributed by atoms with van der Waals surface area (Å²) in [5, 5.41) is 3.67. The lowest BCUT2D eigenvalue weighted by Crippen LogP contribution is -2.54. The molecule has 0 saturated carbocycles. The fourth-order valence-electron chi connectivity index (χ4n) is 3.17. The molecule has 0 spiro atoms. The zero-order valence-electron chi connectivity index (χ0n) is 19.9. The second kappa shape index (κ2) is 11.6. The van der Waals surface area contributed by atoms with Crippen LogP contribution in [-0.4, -0.2) is 49.5 Å². The van der Waals surface area contributed by atoms with Crippen LogP contribution >= 0.6 is 46.4 Å². The summed E-state index contributed by atoms with van der Waals surface area (Å²) in [6.45, 7) is 6.32. The number of benzene rings is 2. The van der Waals surface area contributed by atoms with E-state index in [1.165, 1.54) is 29.2 Å². The Morgan fingerprint density at radius 3 is 2.20 bits per heavy atom. The average Bonchev–Trinajstić information content (AvgIpc) is 2.71. The van der Waals surface area contributed by atoms with Crippen LogP contribution in [0.2, 0.25) is 20.1 Å². The monoisotopic (exact) mass is 581 g/mol. The van der Waals surface area contributed by atoms with Crippen molar-refractivity contribution >= 4 is 73.9 Å². The molecule has 0 saturated heterocycles. The molecule has 35 heavy (non-hydrogen) atoms. The molecule has 0 bridgehead atoms. The van der Waals surface area contributed by atoms with Crippen molar-refractivity contribution in [1.82, 2.24) is 10.2 Å². The van der Waals surface area contributed by atoms with Gasteiger partial charge in [-0.3, -0.25) is 13.9 Å². The van der Waals surface area contributed by atoms with Crippen LogP contribution in [0.3, 0.4) is 0 Å². The Morgan fingerprint density at radius 2 is 1.66 bits per heavy atom. The van der Waals surface area contributed by atoms with Crippen LogP contribution in [0, 0.1) is 0 Å². The zero-order valence-corrected chi connectivity index (χ0v) is 23.7. The van der Waals surface area contributed by atoms with Gasteiger partial charge in [0.2, 0.25) is 21.8 Å². The fraction of sp³-hybridized carbons (Fsp3) is 0.391. The van der Waals surface area contributed by atoms with Gasteiger partial charge in [0.15, 0.2) is 0 Å². The van der Waals surface area contributed by atoms with E-state index in [2.05, 4.69) is 5.32 Å². The first kappa shape index (κ1) is 29.5. The van der Waals surface area contributed by atoms with Gasteiger partial charge in [0.05, 0.1) is 22.0 Å². The Bertz CT molecular complexity index is 1220. The van der Waals surface area contributed by atoms with Crippen LogP contribution < -0.4 is 9.62 Å². The third-order valence-corrected chi connectivity index (χ3v) is 7.42. The van der Waals surface area contributed by atoms with E-state index in [1.807, 2.05) is 20.8 Å². The van der Waals surface area contributed by atoms with E-state index >= 15 is 0 Å². The molecule has 7 nitrogen and oxygen atoms in total. The van der Waals surface area contributed by atoms with E-state index in [1.54, 1.807) is 19.1 Å². The van der Waals surface area contributed by atoms with Crippen LogP contribution in [0.4, 0.5) is 5.69 Å². The molecule has 0 aliphatic rings. The second-order valence-electron chi connectivity index (χ2n) is 9.02. The maximum atomic E-state index is 13.6. The van der Waals surface area contributed by atoms with E-state index in [0.717, 1.165) is 10.6 Å². The van der Waals surface area contributed by atoms with Crippen LogP contribution in [0.5, 0.6) is 0 Å². The smallest absolute Gasteiger partial charge is 0.244 e. The van der Waals surface area contributed by atoms with E-state index in [0.29, 0.717) is 15.6 Å². The third-order valence-electron chi connectivity index (χ3n) is 4.90. The number of hydrogen-bond donors (Lipinski definition) is 1. The number of halogens is 4. The Morgan fingerprint density at radius 1 is 1.03 bits per heavy atom. The zero-order chi connectivity index (χ0) is 26.7. The molecule has 1 atom stereocenters. The first-order valence-corrected chi connectivity index (χ1v) is 13.8. The van der Waals surface area contributed by atoms with Crippen LogP contribution in [-0.2, 0) is 26.2 Å². The molecule has 0 aliphatic heterocycles. The van der Waals surface area contributed by atoms with Crippen molar-refractivity contribution in [3.8, 4) is 0 Å². The predicted octanol–water partition coefficient (Wildman–Crippen LogP) is 5.40. The van der Waals surface area contributed by atoms with Gasteiger partial charge in [0, 0.05) is 22.1 Å². The number of sulfonamides is 1. The molecule has 2 aromatic carbocycles. The van der Waals surface area contributed by atoms with Gasteiger partial charge < -0.3 is 10.2 Å². The minimum absolute atomic E-state index is 0.0155. The van der Waals surface area contributed by atoms with Crippen LogP contribution in [0.1, 0.15) is 33.3 Å². The van der Waals surface area contributed by atoms with Crippen molar-refractivity contribution < 1.29 is 18.0 Å². The summed E-state index contributed by atoms with van der Waals surface area (Å²) in [5.74, 6) is -1.06. The largest absolute Gasteiger partial charge is 0.350 e. The third kappa shape index (κ3) is 8.15. The minimum atomic E-state index is -3.95. The van der Waals surface area contributed by atoms with Gasteiger partial charge >= 0.3 is 0 Å². The summed E-state index contributed by atoms with van der Waals surface area (Å²) in [4.78, 5) is 27.8. The fourth-order valence-corrected chi connectivity index (χ4v) is 4.94. The second-order valence-corrected chi connectivity index (χ2v) is 12.6. The summed E-state index contributed by atoms with van der Waals surface area (Å²) < 4.78 is 26.1. The van der Waals surface area contributed by atoms with Crippen LogP contribution in [0.25, 0.3) is 0 Å². The average molecular weight is 583 g/mol. The molecular weight excluding hydrogens is 556 g/mol. The lowest BCUT2D eigenvalue weighted by molar-refractivity contribution is -0.140. The van der Waals surface area contributed by atoms with Crippen LogP contribution in [0.15, 0.2) is 36.4 Å². The molecule has 12 heteroatoms. The van der Waals surface area contributed by atoms with Crippen molar-refractivity contribution in [3.05, 3.63) is 62.1 Å².